The van der Waals surface area contributed by atoms with Crippen molar-refractivity contribution >= 4 is 5.91 Å². The number of rotatable bonds is 7. The number of aliphatic hydroxyl groups excluding tert-OH is 1. The molecule has 1 amide bonds. The van der Waals surface area contributed by atoms with E-state index >= 15 is 0 Å². The molecule has 0 aromatic carbocycles. The van der Waals surface area contributed by atoms with Crippen LogP contribution in [0.5, 0.6) is 0 Å². The van der Waals surface area contributed by atoms with Crippen LogP contribution in [0.1, 0.15) is 27.2 Å². The summed E-state index contributed by atoms with van der Waals surface area (Å²) in [4.78, 5) is 11.5. The van der Waals surface area contributed by atoms with Crippen LogP contribution in [0.2, 0.25) is 0 Å². The number of nitrogens with one attached hydrogen (secondary N) is 1. The van der Waals surface area contributed by atoms with Gasteiger partial charge in [0.25, 0.3) is 0 Å². The third-order valence-electron chi connectivity index (χ3n) is 2.55. The highest BCUT2D eigenvalue weighted by Crippen LogP contribution is 2.08. The SMILES string of the molecule is COCC(O)CCNC(=O)C(C)C(C)C. The molecule has 0 spiro atoms. The van der Waals surface area contributed by atoms with Gasteiger partial charge in [0.15, 0.2) is 0 Å². The summed E-state index contributed by atoms with van der Waals surface area (Å²) < 4.78 is 4.78. The van der Waals surface area contributed by atoms with Crippen LogP contribution in [0, 0.1) is 11.8 Å². The average molecular weight is 217 g/mol. The summed E-state index contributed by atoms with van der Waals surface area (Å²) in [6.45, 7) is 6.76. The van der Waals surface area contributed by atoms with Gasteiger partial charge in [0.1, 0.15) is 0 Å². The van der Waals surface area contributed by atoms with Crippen LogP contribution in [0.15, 0.2) is 0 Å². The lowest BCUT2D eigenvalue weighted by atomic mass is 9.97. The Balaban J connectivity index is 3.63. The van der Waals surface area contributed by atoms with Gasteiger partial charge in [0, 0.05) is 19.6 Å². The molecule has 0 fully saturated rings. The molecular formula is C11H23NO3. The van der Waals surface area contributed by atoms with Crippen LogP contribution in [0.3, 0.4) is 0 Å². The number of hydrogen-bond acceptors (Lipinski definition) is 3. The Bertz CT molecular complexity index is 183. The standard InChI is InChI=1S/C11H23NO3/c1-8(2)9(3)11(14)12-6-5-10(13)7-15-4/h8-10,13H,5-7H2,1-4H3,(H,12,14). The summed E-state index contributed by atoms with van der Waals surface area (Å²) in [5, 5.41) is 12.1. The van der Waals surface area contributed by atoms with Gasteiger partial charge < -0.3 is 15.2 Å². The minimum absolute atomic E-state index is 0.0181. The van der Waals surface area contributed by atoms with E-state index in [-0.39, 0.29) is 11.8 Å². The second-order valence-electron chi connectivity index (χ2n) is 4.22. The van der Waals surface area contributed by atoms with E-state index in [0.717, 1.165) is 0 Å². The molecule has 0 heterocycles. The lowest BCUT2D eigenvalue weighted by Crippen LogP contribution is -2.34. The molecule has 90 valence electrons. The first kappa shape index (κ1) is 14.4. The third-order valence-corrected chi connectivity index (χ3v) is 2.55. The number of ether oxygens (including phenoxy) is 1. The predicted octanol–water partition coefficient (Wildman–Crippen LogP) is 0.792. The van der Waals surface area contributed by atoms with Gasteiger partial charge >= 0.3 is 0 Å². The molecule has 0 radical (unpaired) electrons. The number of hydrogen-bond donors (Lipinski definition) is 2. The fourth-order valence-electron chi connectivity index (χ4n) is 1.10. The largest absolute Gasteiger partial charge is 0.391 e. The Kier molecular flexibility index (Phi) is 7.34. The maximum atomic E-state index is 11.5. The quantitative estimate of drug-likeness (QED) is 0.663. The maximum absolute atomic E-state index is 11.5. The molecule has 4 nitrogen and oxygen atoms in total. The fraction of sp³-hybridized carbons (Fsp3) is 0.909. The number of methoxy groups -OCH3 is 1. The van der Waals surface area contributed by atoms with Crippen LogP contribution >= 0.6 is 0 Å². The topological polar surface area (TPSA) is 58.6 Å². The van der Waals surface area contributed by atoms with E-state index in [1.165, 1.54) is 0 Å². The predicted molar refractivity (Wildman–Crippen MR) is 59.5 cm³/mol. The van der Waals surface area contributed by atoms with Crippen LogP contribution in [0.25, 0.3) is 0 Å². The van der Waals surface area contributed by atoms with Crippen molar-refractivity contribution in [3.05, 3.63) is 0 Å². The van der Waals surface area contributed by atoms with Crippen LogP contribution in [-0.4, -0.2) is 37.4 Å². The zero-order valence-corrected chi connectivity index (χ0v) is 10.1. The molecule has 0 bridgehead atoms. The highest BCUT2D eigenvalue weighted by atomic mass is 16.5. The summed E-state index contributed by atoms with van der Waals surface area (Å²) in [5.41, 5.74) is 0. The van der Waals surface area contributed by atoms with Gasteiger partial charge in [-0.05, 0) is 12.3 Å². The van der Waals surface area contributed by atoms with Crippen LogP contribution in [0.4, 0.5) is 0 Å². The zero-order chi connectivity index (χ0) is 11.8. The lowest BCUT2D eigenvalue weighted by molar-refractivity contribution is -0.125. The van der Waals surface area contributed by atoms with Crippen molar-refractivity contribution in [2.45, 2.75) is 33.3 Å². The molecule has 2 atom stereocenters. The molecule has 4 heteroatoms. The molecule has 2 unspecified atom stereocenters. The van der Waals surface area contributed by atoms with E-state index in [9.17, 15) is 9.90 Å². The van der Waals surface area contributed by atoms with Gasteiger partial charge in [-0.1, -0.05) is 20.8 Å². The molecule has 15 heavy (non-hydrogen) atoms. The Labute approximate surface area is 92.0 Å². The number of aliphatic hydroxyl groups is 1. The second-order valence-corrected chi connectivity index (χ2v) is 4.22. The van der Waals surface area contributed by atoms with Crippen molar-refractivity contribution < 1.29 is 14.6 Å². The molecular weight excluding hydrogens is 194 g/mol. The average Bonchev–Trinajstić information content (AvgIpc) is 2.16. The van der Waals surface area contributed by atoms with E-state index in [1.807, 2.05) is 20.8 Å². The molecule has 0 saturated carbocycles. The molecule has 0 aromatic rings. The van der Waals surface area contributed by atoms with E-state index in [2.05, 4.69) is 5.32 Å². The van der Waals surface area contributed by atoms with E-state index < -0.39 is 6.10 Å². The first-order valence-corrected chi connectivity index (χ1v) is 5.43. The van der Waals surface area contributed by atoms with Gasteiger partial charge in [-0.25, -0.2) is 0 Å². The van der Waals surface area contributed by atoms with Gasteiger partial charge in [-0.2, -0.15) is 0 Å². The molecule has 2 N–H and O–H groups in total. The van der Waals surface area contributed by atoms with E-state index in [1.54, 1.807) is 7.11 Å². The molecule has 0 saturated heterocycles. The van der Waals surface area contributed by atoms with E-state index in [0.29, 0.717) is 25.5 Å². The van der Waals surface area contributed by atoms with Gasteiger partial charge in [-0.15, -0.1) is 0 Å². The minimum atomic E-state index is -0.496. The molecule has 0 aromatic heterocycles. The number of carbonyl (C=O) groups is 1. The fourth-order valence-corrected chi connectivity index (χ4v) is 1.10. The summed E-state index contributed by atoms with van der Waals surface area (Å²) in [7, 11) is 1.54. The van der Waals surface area contributed by atoms with Gasteiger partial charge in [0.2, 0.25) is 5.91 Å². The highest BCUT2D eigenvalue weighted by Gasteiger charge is 2.16. The molecule has 0 aliphatic heterocycles. The van der Waals surface area contributed by atoms with Crippen molar-refractivity contribution in [3.8, 4) is 0 Å². The van der Waals surface area contributed by atoms with Crippen molar-refractivity contribution in [1.29, 1.82) is 0 Å². The van der Waals surface area contributed by atoms with Crippen molar-refractivity contribution in [2.24, 2.45) is 11.8 Å². The van der Waals surface area contributed by atoms with Crippen molar-refractivity contribution in [2.75, 3.05) is 20.3 Å². The first-order chi connectivity index (χ1) is 6.99. The van der Waals surface area contributed by atoms with Gasteiger partial charge in [0.05, 0.1) is 12.7 Å². The van der Waals surface area contributed by atoms with Crippen molar-refractivity contribution in [3.63, 3.8) is 0 Å². The molecule has 0 aliphatic carbocycles. The number of carbonyl (C=O) groups excluding carboxylic acids is 1. The summed E-state index contributed by atoms with van der Waals surface area (Å²) in [5.74, 6) is 0.410. The summed E-state index contributed by atoms with van der Waals surface area (Å²) >= 11 is 0. The zero-order valence-electron chi connectivity index (χ0n) is 10.1. The van der Waals surface area contributed by atoms with Crippen LogP contribution in [-0.2, 0) is 9.53 Å². The highest BCUT2D eigenvalue weighted by molar-refractivity contribution is 5.78. The number of amides is 1. The monoisotopic (exact) mass is 217 g/mol. The Hall–Kier alpha value is -0.610. The summed E-state index contributed by atoms with van der Waals surface area (Å²) in [6.07, 6.45) is 0.0364. The Morgan fingerprint density at radius 2 is 2.00 bits per heavy atom. The lowest BCUT2D eigenvalue weighted by Gasteiger charge is -2.16. The minimum Gasteiger partial charge on any atom is -0.391 e. The first-order valence-electron chi connectivity index (χ1n) is 5.43. The van der Waals surface area contributed by atoms with Crippen molar-refractivity contribution in [1.82, 2.24) is 5.32 Å². The maximum Gasteiger partial charge on any atom is 0.223 e. The Morgan fingerprint density at radius 1 is 1.40 bits per heavy atom. The van der Waals surface area contributed by atoms with Crippen LogP contribution < -0.4 is 5.32 Å². The van der Waals surface area contributed by atoms with Gasteiger partial charge in [-0.3, -0.25) is 4.79 Å². The van der Waals surface area contributed by atoms with E-state index in [4.69, 9.17) is 4.74 Å². The smallest absolute Gasteiger partial charge is 0.223 e. The molecule has 0 aliphatic rings. The second kappa shape index (κ2) is 7.65. The third kappa shape index (κ3) is 6.47. The Morgan fingerprint density at radius 3 is 2.47 bits per heavy atom. The summed E-state index contributed by atoms with van der Waals surface area (Å²) in [6, 6.07) is 0. The normalized spacial score (nSPS) is 15.1. The molecule has 0 rings (SSSR count).